The zero-order valence-corrected chi connectivity index (χ0v) is 11.4. The number of aromatic nitrogens is 2. The molecule has 1 amide bonds. The van der Waals surface area contributed by atoms with E-state index in [1.54, 1.807) is 12.3 Å². The van der Waals surface area contributed by atoms with Gasteiger partial charge in [-0.05, 0) is 33.0 Å². The molecule has 2 rings (SSSR count). The molecule has 1 N–H and O–H groups in total. The highest BCUT2D eigenvalue weighted by Gasteiger charge is 2.20. The molecule has 2 aromatic rings. The van der Waals surface area contributed by atoms with Gasteiger partial charge in [0.15, 0.2) is 5.69 Å². The van der Waals surface area contributed by atoms with Gasteiger partial charge >= 0.3 is 5.82 Å². The fraction of sp³-hybridized carbons (Fsp3) is 0.0909. The lowest BCUT2D eigenvalue weighted by molar-refractivity contribution is -0.391. The largest absolute Gasteiger partial charge is 0.358 e. The van der Waals surface area contributed by atoms with E-state index in [1.807, 2.05) is 0 Å². The zero-order chi connectivity index (χ0) is 14.0. The third kappa shape index (κ3) is 2.79. The lowest BCUT2D eigenvalue weighted by Gasteiger charge is -2.04. The van der Waals surface area contributed by atoms with E-state index >= 15 is 0 Å². The Bertz CT molecular complexity index is 653. The van der Waals surface area contributed by atoms with Crippen LogP contribution >= 0.6 is 15.9 Å². The fourth-order valence-corrected chi connectivity index (χ4v) is 1.95. The summed E-state index contributed by atoms with van der Waals surface area (Å²) in [5.74, 6) is -0.576. The van der Waals surface area contributed by atoms with Crippen LogP contribution in [0, 0.1) is 10.1 Å². The van der Waals surface area contributed by atoms with Gasteiger partial charge in [-0.1, -0.05) is 0 Å². The number of amides is 1. The number of carbonyl (C=O) groups is 1. The van der Waals surface area contributed by atoms with Crippen molar-refractivity contribution in [2.75, 3.05) is 5.32 Å². The van der Waals surface area contributed by atoms with Crippen LogP contribution in [0.15, 0.2) is 35.1 Å². The zero-order valence-electron chi connectivity index (χ0n) is 9.83. The van der Waals surface area contributed by atoms with E-state index in [0.717, 1.165) is 4.47 Å². The van der Waals surface area contributed by atoms with Crippen LogP contribution in [0.3, 0.4) is 0 Å². The first-order valence-electron chi connectivity index (χ1n) is 5.21. The van der Waals surface area contributed by atoms with Crippen LogP contribution < -0.4 is 5.32 Å². The molecule has 7 nitrogen and oxygen atoms in total. The second-order valence-electron chi connectivity index (χ2n) is 3.74. The number of halogens is 1. The monoisotopic (exact) mass is 324 g/mol. The second-order valence-corrected chi connectivity index (χ2v) is 4.65. The molecule has 0 saturated carbocycles. The van der Waals surface area contributed by atoms with Gasteiger partial charge in [-0.3, -0.25) is 9.78 Å². The number of pyridine rings is 1. The maximum absolute atomic E-state index is 12.0. The maximum Gasteiger partial charge on any atom is 0.323 e. The molecule has 0 bridgehead atoms. The van der Waals surface area contributed by atoms with Gasteiger partial charge in [0.2, 0.25) is 0 Å². The molecule has 0 aliphatic carbocycles. The van der Waals surface area contributed by atoms with Crippen LogP contribution in [-0.2, 0) is 7.05 Å². The van der Waals surface area contributed by atoms with Gasteiger partial charge in [-0.25, -0.2) is 4.57 Å². The molecule has 0 fully saturated rings. The lowest BCUT2D eigenvalue weighted by atomic mass is 10.3. The van der Waals surface area contributed by atoms with Gasteiger partial charge in [-0.15, -0.1) is 0 Å². The molecule has 0 atom stereocenters. The first kappa shape index (κ1) is 13.2. The van der Waals surface area contributed by atoms with Crippen molar-refractivity contribution in [3.63, 3.8) is 0 Å². The van der Waals surface area contributed by atoms with Crippen molar-refractivity contribution in [1.82, 2.24) is 9.55 Å². The van der Waals surface area contributed by atoms with E-state index in [1.165, 1.54) is 29.9 Å². The van der Waals surface area contributed by atoms with Gasteiger partial charge in [0.1, 0.15) is 0 Å². The fourth-order valence-electron chi connectivity index (χ4n) is 1.59. The summed E-state index contributed by atoms with van der Waals surface area (Å²) in [5, 5.41) is 13.3. The molecule has 0 saturated heterocycles. The number of anilines is 1. The summed E-state index contributed by atoms with van der Waals surface area (Å²) < 4.78 is 1.95. The van der Waals surface area contributed by atoms with E-state index in [2.05, 4.69) is 26.2 Å². The number of nitrogens with one attached hydrogen (secondary N) is 1. The topological polar surface area (TPSA) is 90.1 Å². The van der Waals surface area contributed by atoms with Crippen molar-refractivity contribution < 1.29 is 9.72 Å². The highest BCUT2D eigenvalue weighted by atomic mass is 79.9. The molecule has 0 aliphatic rings. The number of hydrogen-bond donors (Lipinski definition) is 1. The Morgan fingerprint density at radius 1 is 1.47 bits per heavy atom. The van der Waals surface area contributed by atoms with Crippen LogP contribution in [0.25, 0.3) is 0 Å². The number of nitro groups is 1. The molecule has 8 heteroatoms. The Morgan fingerprint density at radius 3 is 2.79 bits per heavy atom. The molecule has 0 aromatic carbocycles. The summed E-state index contributed by atoms with van der Waals surface area (Å²) in [7, 11) is 1.46. The van der Waals surface area contributed by atoms with Crippen LogP contribution in [0.1, 0.15) is 10.5 Å². The van der Waals surface area contributed by atoms with Crippen LogP contribution in [0.2, 0.25) is 0 Å². The van der Waals surface area contributed by atoms with E-state index in [9.17, 15) is 14.9 Å². The first-order chi connectivity index (χ1) is 8.99. The quantitative estimate of drug-likeness (QED) is 0.693. The Kier molecular flexibility index (Phi) is 3.61. The summed E-state index contributed by atoms with van der Waals surface area (Å²) >= 11 is 3.24. The predicted octanol–water partition coefficient (Wildman–Crippen LogP) is 2.34. The molecule has 0 unspecified atom stereocenters. The van der Waals surface area contributed by atoms with E-state index < -0.39 is 10.8 Å². The SMILES string of the molecule is Cn1c(C(=O)Nc2cncc(Br)c2)ccc1[N+](=O)[O-]. The average molecular weight is 325 g/mol. The Labute approximate surface area is 116 Å². The summed E-state index contributed by atoms with van der Waals surface area (Å²) in [6.07, 6.45) is 3.07. The minimum atomic E-state index is -0.544. The van der Waals surface area contributed by atoms with Crippen molar-refractivity contribution in [2.45, 2.75) is 0 Å². The number of nitrogens with zero attached hydrogens (tertiary/aromatic N) is 3. The Morgan fingerprint density at radius 2 is 2.21 bits per heavy atom. The van der Waals surface area contributed by atoms with Gasteiger partial charge in [0, 0.05) is 16.7 Å². The standard InChI is InChI=1S/C11H9BrN4O3/c1-15-9(2-3-10(15)16(18)19)11(17)14-8-4-7(12)5-13-6-8/h2-6H,1H3,(H,14,17). The molecule has 98 valence electrons. The maximum atomic E-state index is 12.0. The molecule has 2 aromatic heterocycles. The first-order valence-corrected chi connectivity index (χ1v) is 6.00. The van der Waals surface area contributed by atoms with Crippen molar-refractivity contribution in [3.05, 3.63) is 50.9 Å². The third-order valence-corrected chi connectivity index (χ3v) is 2.91. The van der Waals surface area contributed by atoms with Gasteiger partial charge in [0.05, 0.1) is 18.9 Å². The second kappa shape index (κ2) is 5.19. The minimum Gasteiger partial charge on any atom is -0.358 e. The minimum absolute atomic E-state index is 0.141. The van der Waals surface area contributed by atoms with E-state index in [-0.39, 0.29) is 11.5 Å². The van der Waals surface area contributed by atoms with Crippen LogP contribution in [-0.4, -0.2) is 20.4 Å². The van der Waals surface area contributed by atoms with Gasteiger partial charge in [-0.2, -0.15) is 0 Å². The highest BCUT2D eigenvalue weighted by Crippen LogP contribution is 2.18. The van der Waals surface area contributed by atoms with Gasteiger partial charge < -0.3 is 15.4 Å². The normalized spacial score (nSPS) is 10.2. The molecule has 19 heavy (non-hydrogen) atoms. The van der Waals surface area contributed by atoms with E-state index in [0.29, 0.717) is 5.69 Å². The Balaban J connectivity index is 2.23. The predicted molar refractivity (Wildman–Crippen MR) is 72.0 cm³/mol. The smallest absolute Gasteiger partial charge is 0.323 e. The number of rotatable bonds is 3. The molecular formula is C11H9BrN4O3. The summed E-state index contributed by atoms with van der Waals surface area (Å²) in [6, 6.07) is 4.37. The van der Waals surface area contributed by atoms with Crippen LogP contribution in [0.5, 0.6) is 0 Å². The van der Waals surface area contributed by atoms with Crippen LogP contribution in [0.4, 0.5) is 11.5 Å². The Hall–Kier alpha value is -2.22. The third-order valence-electron chi connectivity index (χ3n) is 2.48. The summed E-state index contributed by atoms with van der Waals surface area (Å²) in [6.45, 7) is 0. The van der Waals surface area contributed by atoms with Crippen molar-refractivity contribution in [2.24, 2.45) is 7.05 Å². The molecule has 0 radical (unpaired) electrons. The molecule has 0 aliphatic heterocycles. The molecule has 0 spiro atoms. The van der Waals surface area contributed by atoms with Gasteiger partial charge in [0.25, 0.3) is 5.91 Å². The lowest BCUT2D eigenvalue weighted by Crippen LogP contribution is -2.16. The summed E-state index contributed by atoms with van der Waals surface area (Å²) in [4.78, 5) is 26.0. The van der Waals surface area contributed by atoms with Crippen molar-refractivity contribution in [3.8, 4) is 0 Å². The number of carbonyl (C=O) groups excluding carboxylic acids is 1. The molecular weight excluding hydrogens is 316 g/mol. The summed E-state index contributed by atoms with van der Waals surface area (Å²) in [5.41, 5.74) is 0.704. The van der Waals surface area contributed by atoms with Crippen molar-refractivity contribution >= 4 is 33.3 Å². The van der Waals surface area contributed by atoms with Crippen molar-refractivity contribution in [1.29, 1.82) is 0 Å². The van der Waals surface area contributed by atoms with E-state index in [4.69, 9.17) is 0 Å². The molecule has 2 heterocycles. The number of hydrogen-bond acceptors (Lipinski definition) is 4. The highest BCUT2D eigenvalue weighted by molar-refractivity contribution is 9.10. The average Bonchev–Trinajstić information content (AvgIpc) is 2.71.